The molecular weight excluding hydrogens is 482 g/mol. The van der Waals surface area contributed by atoms with Crippen LogP contribution in [0.3, 0.4) is 0 Å². The Bertz CT molecular complexity index is 1210. The summed E-state index contributed by atoms with van der Waals surface area (Å²) in [4.78, 5) is 45.8. The summed E-state index contributed by atoms with van der Waals surface area (Å²) in [7, 11) is 1.30. The zero-order valence-electron chi connectivity index (χ0n) is 20.1. The highest BCUT2D eigenvalue weighted by atomic mass is 32.2. The summed E-state index contributed by atoms with van der Waals surface area (Å²) in [5, 5.41) is 0.544. The lowest BCUT2D eigenvalue weighted by Gasteiger charge is -2.26. The largest absolute Gasteiger partial charge is 0.482 e. The molecular formula is C26H27N3O6S. The first-order valence-corrected chi connectivity index (χ1v) is 12.4. The number of nitrogens with zero attached hydrogens (tertiary/aromatic N) is 3. The molecule has 0 spiro atoms. The molecule has 188 valence electrons. The SMILES string of the molecule is CCN1C(=O)/C(=C\c2cccc(OCC(=O)OC)c2)SC1=Nc1cccc(C(=O)N2CCOCC2)c1. The maximum atomic E-state index is 13.1. The summed E-state index contributed by atoms with van der Waals surface area (Å²) in [5.41, 5.74) is 1.90. The minimum absolute atomic E-state index is 0.0577. The van der Waals surface area contributed by atoms with Crippen molar-refractivity contribution in [3.63, 3.8) is 0 Å². The van der Waals surface area contributed by atoms with Gasteiger partial charge in [-0.1, -0.05) is 18.2 Å². The normalized spacial score (nSPS) is 18.1. The molecule has 9 nitrogen and oxygen atoms in total. The highest BCUT2D eigenvalue weighted by molar-refractivity contribution is 8.18. The van der Waals surface area contributed by atoms with Gasteiger partial charge in [-0.3, -0.25) is 14.5 Å². The van der Waals surface area contributed by atoms with Crippen LogP contribution in [0.2, 0.25) is 0 Å². The predicted molar refractivity (Wildman–Crippen MR) is 137 cm³/mol. The first-order valence-electron chi connectivity index (χ1n) is 11.6. The van der Waals surface area contributed by atoms with E-state index in [0.717, 1.165) is 5.56 Å². The Morgan fingerprint density at radius 3 is 2.67 bits per heavy atom. The Balaban J connectivity index is 1.53. The summed E-state index contributed by atoms with van der Waals surface area (Å²) < 4.78 is 15.4. The number of likely N-dealkylation sites (N-methyl/N-ethyl adjacent to an activating group) is 1. The fourth-order valence-corrected chi connectivity index (χ4v) is 4.75. The van der Waals surface area contributed by atoms with E-state index in [4.69, 9.17) is 9.47 Å². The average Bonchev–Trinajstić information content (AvgIpc) is 3.20. The van der Waals surface area contributed by atoms with Gasteiger partial charge in [0.15, 0.2) is 11.8 Å². The summed E-state index contributed by atoms with van der Waals surface area (Å²) in [6, 6.07) is 14.2. The molecule has 2 aromatic rings. The van der Waals surface area contributed by atoms with Gasteiger partial charge in [0.25, 0.3) is 11.8 Å². The van der Waals surface area contributed by atoms with Gasteiger partial charge in [0.1, 0.15) is 5.75 Å². The van der Waals surface area contributed by atoms with E-state index in [1.54, 1.807) is 52.3 Å². The van der Waals surface area contributed by atoms with Gasteiger partial charge in [0.05, 0.1) is 30.9 Å². The van der Waals surface area contributed by atoms with E-state index in [1.807, 2.05) is 19.1 Å². The third-order valence-corrected chi connectivity index (χ3v) is 6.57. The second-order valence-electron chi connectivity index (χ2n) is 7.95. The third kappa shape index (κ3) is 6.13. The molecule has 0 radical (unpaired) electrons. The number of hydrogen-bond acceptors (Lipinski definition) is 8. The van der Waals surface area contributed by atoms with Crippen molar-refractivity contribution >= 4 is 46.5 Å². The van der Waals surface area contributed by atoms with Crippen molar-refractivity contribution in [3.05, 3.63) is 64.6 Å². The van der Waals surface area contributed by atoms with Crippen LogP contribution in [-0.4, -0.2) is 79.3 Å². The summed E-state index contributed by atoms with van der Waals surface area (Å²) in [6.45, 7) is 4.34. The minimum Gasteiger partial charge on any atom is -0.482 e. The molecule has 2 fully saturated rings. The van der Waals surface area contributed by atoms with Crippen molar-refractivity contribution < 1.29 is 28.6 Å². The monoisotopic (exact) mass is 509 g/mol. The van der Waals surface area contributed by atoms with Crippen molar-refractivity contribution in [3.8, 4) is 5.75 Å². The molecule has 0 atom stereocenters. The molecule has 0 aromatic heterocycles. The molecule has 2 aromatic carbocycles. The molecule has 0 bridgehead atoms. The number of methoxy groups -OCH3 is 1. The van der Waals surface area contributed by atoms with E-state index in [1.165, 1.54) is 18.9 Å². The van der Waals surface area contributed by atoms with Crippen LogP contribution in [0.5, 0.6) is 5.75 Å². The number of benzene rings is 2. The molecule has 4 rings (SSSR count). The number of amidine groups is 1. The quantitative estimate of drug-likeness (QED) is 0.417. The number of ether oxygens (including phenoxy) is 3. The van der Waals surface area contributed by atoms with Crippen LogP contribution in [0.4, 0.5) is 5.69 Å². The van der Waals surface area contributed by atoms with Gasteiger partial charge in [-0.2, -0.15) is 0 Å². The third-order valence-electron chi connectivity index (χ3n) is 5.56. The van der Waals surface area contributed by atoms with E-state index in [2.05, 4.69) is 9.73 Å². The summed E-state index contributed by atoms with van der Waals surface area (Å²) >= 11 is 1.27. The molecule has 10 heteroatoms. The number of hydrogen-bond donors (Lipinski definition) is 0. The van der Waals surface area contributed by atoms with Crippen LogP contribution in [0, 0.1) is 0 Å². The van der Waals surface area contributed by atoms with Crippen LogP contribution in [-0.2, 0) is 19.1 Å². The number of thioether (sulfide) groups is 1. The van der Waals surface area contributed by atoms with Crippen molar-refractivity contribution in [1.29, 1.82) is 0 Å². The molecule has 2 aliphatic rings. The number of aliphatic imine (C=N–C) groups is 1. The van der Waals surface area contributed by atoms with Gasteiger partial charge in [0, 0.05) is 25.2 Å². The second kappa shape index (κ2) is 11.9. The lowest BCUT2D eigenvalue weighted by atomic mass is 10.1. The minimum atomic E-state index is -0.476. The highest BCUT2D eigenvalue weighted by Gasteiger charge is 2.32. The van der Waals surface area contributed by atoms with E-state index < -0.39 is 5.97 Å². The molecule has 2 saturated heterocycles. The molecule has 0 N–H and O–H groups in total. The summed E-state index contributed by atoms with van der Waals surface area (Å²) in [6.07, 6.45) is 1.77. The van der Waals surface area contributed by atoms with E-state index in [9.17, 15) is 14.4 Å². The van der Waals surface area contributed by atoms with Crippen LogP contribution in [0.15, 0.2) is 58.4 Å². The zero-order valence-corrected chi connectivity index (χ0v) is 21.0. The van der Waals surface area contributed by atoms with Crippen LogP contribution < -0.4 is 4.74 Å². The number of carbonyl (C=O) groups excluding carboxylic acids is 3. The van der Waals surface area contributed by atoms with Crippen molar-refractivity contribution in [2.75, 3.05) is 46.6 Å². The van der Waals surface area contributed by atoms with Gasteiger partial charge < -0.3 is 19.1 Å². The topological polar surface area (TPSA) is 97.7 Å². The Labute approximate surface area is 213 Å². The molecule has 36 heavy (non-hydrogen) atoms. The fourth-order valence-electron chi connectivity index (χ4n) is 3.68. The Morgan fingerprint density at radius 1 is 1.14 bits per heavy atom. The van der Waals surface area contributed by atoms with E-state index in [0.29, 0.717) is 59.9 Å². The fraction of sp³-hybridized carbons (Fsp3) is 0.308. The first-order chi connectivity index (χ1) is 17.5. The van der Waals surface area contributed by atoms with Gasteiger partial charge in [-0.25, -0.2) is 9.79 Å². The van der Waals surface area contributed by atoms with Gasteiger partial charge >= 0.3 is 5.97 Å². The molecule has 0 unspecified atom stereocenters. The van der Waals surface area contributed by atoms with Crippen LogP contribution in [0.25, 0.3) is 6.08 Å². The van der Waals surface area contributed by atoms with Crippen molar-refractivity contribution in [1.82, 2.24) is 9.80 Å². The van der Waals surface area contributed by atoms with E-state index >= 15 is 0 Å². The molecule has 0 aliphatic carbocycles. The first kappa shape index (κ1) is 25.5. The average molecular weight is 510 g/mol. The van der Waals surface area contributed by atoms with Crippen LogP contribution >= 0.6 is 11.8 Å². The zero-order chi connectivity index (χ0) is 25.5. The summed E-state index contributed by atoms with van der Waals surface area (Å²) in [5.74, 6) is -0.191. The Morgan fingerprint density at radius 2 is 1.92 bits per heavy atom. The molecule has 2 aliphatic heterocycles. The number of morpholine rings is 1. The van der Waals surface area contributed by atoms with Crippen molar-refractivity contribution in [2.24, 2.45) is 4.99 Å². The van der Waals surface area contributed by atoms with Gasteiger partial charge in [-0.15, -0.1) is 0 Å². The number of esters is 1. The van der Waals surface area contributed by atoms with Gasteiger partial charge in [-0.05, 0) is 60.7 Å². The Kier molecular flexibility index (Phi) is 8.40. The maximum Gasteiger partial charge on any atom is 0.343 e. The Hall–Kier alpha value is -3.63. The molecule has 2 heterocycles. The standard InChI is InChI=1S/C26H27N3O6S/c1-3-29-25(32)22(15-18-6-4-9-21(14-18)35-17-23(30)33-2)36-26(29)27-20-8-5-7-19(16-20)24(31)28-10-12-34-13-11-28/h4-9,14-16H,3,10-13,17H2,1-2H3/b22-15+,27-26?. The number of rotatable bonds is 7. The smallest absolute Gasteiger partial charge is 0.343 e. The van der Waals surface area contributed by atoms with Crippen LogP contribution in [0.1, 0.15) is 22.8 Å². The number of carbonyl (C=O) groups is 3. The molecule has 0 saturated carbocycles. The molecule has 2 amide bonds. The lowest BCUT2D eigenvalue weighted by molar-refractivity contribution is -0.142. The second-order valence-corrected chi connectivity index (χ2v) is 8.96. The van der Waals surface area contributed by atoms with Gasteiger partial charge in [0.2, 0.25) is 0 Å². The van der Waals surface area contributed by atoms with E-state index in [-0.39, 0.29) is 18.4 Å². The number of amides is 2. The lowest BCUT2D eigenvalue weighted by Crippen LogP contribution is -2.40. The van der Waals surface area contributed by atoms with Crippen molar-refractivity contribution in [2.45, 2.75) is 6.92 Å². The predicted octanol–water partition coefficient (Wildman–Crippen LogP) is 3.33. The maximum absolute atomic E-state index is 13.1. The highest BCUT2D eigenvalue weighted by Crippen LogP contribution is 2.34.